The first-order valence-corrected chi connectivity index (χ1v) is 24.2. The molecule has 0 aliphatic carbocycles. The second-order valence-corrected chi connectivity index (χ2v) is 18.6. The molecule has 328 valence electrons. The van der Waals surface area contributed by atoms with E-state index in [-0.39, 0.29) is 30.1 Å². The monoisotopic (exact) mass is 780 g/mol. The fourth-order valence-electron chi connectivity index (χ4n) is 7.65. The standard InChI is InChI=1S/C49H97NO5/c1-8-11-14-17-20-21-22-25-30-37-46(52)54-44-48(4,5)38-33-41-50(42-34-43-51)40-32-27-26-31-39-49(6,7)47(53)55-45(35-28-23-18-15-12-9-2)36-29-24-19-16-13-10-3/h45,51H,8-44H2,1-7H3. The minimum absolute atomic E-state index is 0.00105. The predicted octanol–water partition coefficient (Wildman–Crippen LogP) is 14.3. The first-order chi connectivity index (χ1) is 26.5. The van der Waals surface area contributed by atoms with Gasteiger partial charge in [-0.1, -0.05) is 169 Å². The van der Waals surface area contributed by atoms with Crippen molar-refractivity contribution in [3.05, 3.63) is 0 Å². The number of rotatable bonds is 42. The molecule has 0 rings (SSSR count). The summed E-state index contributed by atoms with van der Waals surface area (Å²) >= 11 is 0. The van der Waals surface area contributed by atoms with Gasteiger partial charge in [0.05, 0.1) is 12.0 Å². The van der Waals surface area contributed by atoms with E-state index in [0.717, 1.165) is 96.7 Å². The van der Waals surface area contributed by atoms with Crippen molar-refractivity contribution in [3.8, 4) is 0 Å². The van der Waals surface area contributed by atoms with Crippen molar-refractivity contribution >= 4 is 11.9 Å². The van der Waals surface area contributed by atoms with E-state index in [1.54, 1.807) is 0 Å². The Morgan fingerprint density at radius 2 is 0.964 bits per heavy atom. The molecule has 0 heterocycles. The lowest BCUT2D eigenvalue weighted by molar-refractivity contribution is -0.161. The maximum absolute atomic E-state index is 13.4. The second kappa shape index (κ2) is 37.2. The van der Waals surface area contributed by atoms with E-state index >= 15 is 0 Å². The third kappa shape index (κ3) is 34.6. The molecule has 0 aliphatic heterocycles. The summed E-state index contributed by atoms with van der Waals surface area (Å²) in [5.74, 6) is -0.0433. The summed E-state index contributed by atoms with van der Waals surface area (Å²) < 4.78 is 12.0. The molecule has 1 N–H and O–H groups in total. The van der Waals surface area contributed by atoms with Crippen molar-refractivity contribution in [2.24, 2.45) is 10.8 Å². The van der Waals surface area contributed by atoms with Gasteiger partial charge in [-0.15, -0.1) is 0 Å². The summed E-state index contributed by atoms with van der Waals surface area (Å²) in [4.78, 5) is 28.3. The molecule has 0 unspecified atom stereocenters. The molecule has 55 heavy (non-hydrogen) atoms. The van der Waals surface area contributed by atoms with Crippen LogP contribution in [-0.4, -0.2) is 60.9 Å². The Morgan fingerprint density at radius 3 is 1.49 bits per heavy atom. The van der Waals surface area contributed by atoms with Gasteiger partial charge in [-0.25, -0.2) is 0 Å². The highest BCUT2D eigenvalue weighted by Crippen LogP contribution is 2.29. The van der Waals surface area contributed by atoms with E-state index in [1.165, 1.54) is 122 Å². The highest BCUT2D eigenvalue weighted by atomic mass is 16.5. The van der Waals surface area contributed by atoms with Crippen molar-refractivity contribution < 1.29 is 24.2 Å². The Kier molecular flexibility index (Phi) is 36.4. The summed E-state index contributed by atoms with van der Waals surface area (Å²) in [5, 5.41) is 9.50. The molecular formula is C49H97NO5. The maximum atomic E-state index is 13.4. The number of nitrogens with zero attached hydrogens (tertiary/aromatic N) is 1. The van der Waals surface area contributed by atoms with Gasteiger partial charge in [0.2, 0.25) is 0 Å². The first-order valence-electron chi connectivity index (χ1n) is 24.2. The Hall–Kier alpha value is -1.14. The van der Waals surface area contributed by atoms with Crippen LogP contribution in [0, 0.1) is 10.8 Å². The van der Waals surface area contributed by atoms with Crippen LogP contribution in [0.2, 0.25) is 0 Å². The lowest BCUT2D eigenvalue weighted by atomic mass is 9.86. The van der Waals surface area contributed by atoms with Crippen LogP contribution in [0.1, 0.15) is 254 Å². The smallest absolute Gasteiger partial charge is 0.311 e. The molecule has 0 aromatic heterocycles. The number of carbonyl (C=O) groups excluding carboxylic acids is 2. The molecule has 0 fully saturated rings. The van der Waals surface area contributed by atoms with Gasteiger partial charge in [-0.05, 0) is 96.6 Å². The van der Waals surface area contributed by atoms with E-state index in [9.17, 15) is 14.7 Å². The van der Waals surface area contributed by atoms with Gasteiger partial charge in [0.1, 0.15) is 6.10 Å². The average Bonchev–Trinajstić information content (AvgIpc) is 3.15. The lowest BCUT2D eigenvalue weighted by Crippen LogP contribution is -2.31. The summed E-state index contributed by atoms with van der Waals surface area (Å²) in [6.45, 7) is 19.0. The number of carbonyl (C=O) groups is 2. The van der Waals surface area contributed by atoms with Gasteiger partial charge in [-0.2, -0.15) is 0 Å². The Balaban J connectivity index is 4.46. The molecule has 0 aromatic rings. The van der Waals surface area contributed by atoms with Crippen LogP contribution in [0.15, 0.2) is 0 Å². The van der Waals surface area contributed by atoms with E-state index in [1.807, 2.05) is 0 Å². The molecule has 0 saturated carbocycles. The molecule has 0 aromatic carbocycles. The van der Waals surface area contributed by atoms with Crippen LogP contribution in [-0.2, 0) is 19.1 Å². The third-order valence-electron chi connectivity index (χ3n) is 11.7. The van der Waals surface area contributed by atoms with Crippen molar-refractivity contribution in [3.63, 3.8) is 0 Å². The zero-order valence-electron chi connectivity index (χ0n) is 38.3. The molecule has 0 amide bonds. The number of ether oxygens (including phenoxy) is 2. The van der Waals surface area contributed by atoms with E-state index in [0.29, 0.717) is 13.0 Å². The van der Waals surface area contributed by atoms with Crippen LogP contribution in [0.4, 0.5) is 0 Å². The molecular weight excluding hydrogens is 683 g/mol. The van der Waals surface area contributed by atoms with E-state index in [4.69, 9.17) is 9.47 Å². The predicted molar refractivity (Wildman–Crippen MR) is 237 cm³/mol. The molecule has 0 bridgehead atoms. The molecule has 0 spiro atoms. The number of aliphatic hydroxyl groups is 1. The first kappa shape index (κ1) is 53.9. The quantitative estimate of drug-likeness (QED) is 0.0491. The largest absolute Gasteiger partial charge is 0.465 e. The van der Waals surface area contributed by atoms with Crippen molar-refractivity contribution in [1.82, 2.24) is 4.90 Å². The third-order valence-corrected chi connectivity index (χ3v) is 11.7. The van der Waals surface area contributed by atoms with Crippen LogP contribution in [0.25, 0.3) is 0 Å². The van der Waals surface area contributed by atoms with Crippen molar-refractivity contribution in [1.29, 1.82) is 0 Å². The minimum Gasteiger partial charge on any atom is -0.465 e. The Bertz CT molecular complexity index is 842. The van der Waals surface area contributed by atoms with Gasteiger partial charge >= 0.3 is 11.9 Å². The van der Waals surface area contributed by atoms with Gasteiger partial charge in [0.15, 0.2) is 0 Å². The fraction of sp³-hybridized carbons (Fsp3) is 0.959. The zero-order valence-corrected chi connectivity index (χ0v) is 38.3. The SMILES string of the molecule is CCCCCCCCCCCC(=O)OCC(C)(C)CCCN(CCCO)CCCCCCC(C)(C)C(=O)OC(CCCCCCCC)CCCCCCCC. The summed E-state index contributed by atoms with van der Waals surface area (Å²) in [5.41, 5.74) is -0.477. The maximum Gasteiger partial charge on any atom is 0.311 e. The highest BCUT2D eigenvalue weighted by Gasteiger charge is 2.31. The Morgan fingerprint density at radius 1 is 0.527 bits per heavy atom. The van der Waals surface area contributed by atoms with Gasteiger partial charge in [0.25, 0.3) is 0 Å². The second-order valence-electron chi connectivity index (χ2n) is 18.6. The van der Waals surface area contributed by atoms with Crippen LogP contribution in [0.3, 0.4) is 0 Å². The molecule has 6 heteroatoms. The van der Waals surface area contributed by atoms with E-state index in [2.05, 4.69) is 53.4 Å². The summed E-state index contributed by atoms with van der Waals surface area (Å²) in [6, 6.07) is 0. The van der Waals surface area contributed by atoms with E-state index < -0.39 is 5.41 Å². The summed E-state index contributed by atoms with van der Waals surface area (Å²) in [6.07, 6.45) is 37.4. The van der Waals surface area contributed by atoms with Crippen molar-refractivity contribution in [2.45, 2.75) is 260 Å². The number of unbranched alkanes of at least 4 members (excludes halogenated alkanes) is 21. The van der Waals surface area contributed by atoms with Crippen LogP contribution >= 0.6 is 0 Å². The number of esters is 2. The van der Waals surface area contributed by atoms with Gasteiger partial charge < -0.3 is 19.5 Å². The van der Waals surface area contributed by atoms with Gasteiger partial charge in [-0.3, -0.25) is 9.59 Å². The molecule has 0 aliphatic rings. The zero-order chi connectivity index (χ0) is 40.9. The van der Waals surface area contributed by atoms with Crippen molar-refractivity contribution in [2.75, 3.05) is 32.8 Å². The number of aliphatic hydroxyl groups excluding tert-OH is 1. The highest BCUT2D eigenvalue weighted by molar-refractivity contribution is 5.76. The van der Waals surface area contributed by atoms with Crippen LogP contribution in [0.5, 0.6) is 0 Å². The summed E-state index contributed by atoms with van der Waals surface area (Å²) in [7, 11) is 0. The molecule has 6 nitrogen and oxygen atoms in total. The molecule has 0 saturated heterocycles. The Labute approximate surface area is 343 Å². The molecule has 0 radical (unpaired) electrons. The minimum atomic E-state index is -0.442. The normalized spacial score (nSPS) is 12.3. The van der Waals surface area contributed by atoms with Gasteiger partial charge in [0, 0.05) is 19.6 Å². The molecule has 0 atom stereocenters. The number of hydrogen-bond acceptors (Lipinski definition) is 6. The lowest BCUT2D eigenvalue weighted by Gasteiger charge is -2.27. The van der Waals surface area contributed by atoms with Crippen LogP contribution < -0.4 is 0 Å². The fourth-order valence-corrected chi connectivity index (χ4v) is 7.65. The topological polar surface area (TPSA) is 76.1 Å². The number of hydrogen-bond donors (Lipinski definition) is 1. The average molecular weight is 780 g/mol.